The Labute approximate surface area is 96.0 Å². The largest absolute Gasteiger partial charge is 0.268 e. The zero-order valence-electron chi connectivity index (χ0n) is 7.69. The SMILES string of the molecule is O=c1cc(I)cnn1C1C=CCCC1. The van der Waals surface area contributed by atoms with Crippen molar-refractivity contribution in [3.05, 3.63) is 38.3 Å². The Bertz CT molecular complexity index is 411. The topological polar surface area (TPSA) is 34.9 Å². The molecule has 0 N–H and O–H groups in total. The van der Waals surface area contributed by atoms with Gasteiger partial charge < -0.3 is 0 Å². The van der Waals surface area contributed by atoms with Gasteiger partial charge in [0.25, 0.3) is 5.56 Å². The van der Waals surface area contributed by atoms with Crippen molar-refractivity contribution in [2.75, 3.05) is 0 Å². The highest BCUT2D eigenvalue weighted by molar-refractivity contribution is 14.1. The molecule has 1 aromatic rings. The van der Waals surface area contributed by atoms with Gasteiger partial charge in [0.05, 0.1) is 12.2 Å². The maximum absolute atomic E-state index is 11.6. The van der Waals surface area contributed by atoms with Crippen molar-refractivity contribution in [3.63, 3.8) is 0 Å². The van der Waals surface area contributed by atoms with Gasteiger partial charge in [-0.25, -0.2) is 4.68 Å². The van der Waals surface area contributed by atoms with Crippen LogP contribution in [-0.4, -0.2) is 9.78 Å². The van der Waals surface area contributed by atoms with E-state index in [0.717, 1.165) is 22.8 Å². The maximum Gasteiger partial charge on any atom is 0.268 e. The van der Waals surface area contributed by atoms with E-state index < -0.39 is 0 Å². The molecule has 4 heteroatoms. The van der Waals surface area contributed by atoms with Crippen molar-refractivity contribution in [2.24, 2.45) is 0 Å². The fourth-order valence-electron chi connectivity index (χ4n) is 1.64. The van der Waals surface area contributed by atoms with Crippen molar-refractivity contribution in [3.8, 4) is 0 Å². The summed E-state index contributed by atoms with van der Waals surface area (Å²) in [5.41, 5.74) is -0.00606. The first kappa shape index (κ1) is 9.89. The Hall–Kier alpha value is -0.650. The Morgan fingerprint density at radius 1 is 1.57 bits per heavy atom. The van der Waals surface area contributed by atoms with Crippen LogP contribution in [0.15, 0.2) is 29.2 Å². The van der Waals surface area contributed by atoms with Gasteiger partial charge in [-0.1, -0.05) is 12.2 Å². The van der Waals surface area contributed by atoms with Gasteiger partial charge in [-0.3, -0.25) is 4.79 Å². The molecule has 3 nitrogen and oxygen atoms in total. The van der Waals surface area contributed by atoms with Crippen molar-refractivity contribution in [2.45, 2.75) is 25.3 Å². The van der Waals surface area contributed by atoms with Gasteiger partial charge in [0.15, 0.2) is 0 Å². The van der Waals surface area contributed by atoms with E-state index in [2.05, 4.69) is 39.8 Å². The molecule has 1 unspecified atom stereocenters. The normalized spacial score (nSPS) is 21.1. The number of hydrogen-bond donors (Lipinski definition) is 0. The molecule has 0 aromatic carbocycles. The molecule has 1 aliphatic rings. The fourth-order valence-corrected chi connectivity index (χ4v) is 2.03. The van der Waals surface area contributed by atoms with Crippen molar-refractivity contribution < 1.29 is 0 Å². The van der Waals surface area contributed by atoms with Gasteiger partial charge in [-0.2, -0.15) is 5.10 Å². The molecule has 0 aliphatic heterocycles. The van der Waals surface area contributed by atoms with E-state index in [4.69, 9.17) is 0 Å². The first-order valence-corrected chi connectivity index (χ1v) is 5.76. The van der Waals surface area contributed by atoms with Gasteiger partial charge in [0.2, 0.25) is 0 Å². The lowest BCUT2D eigenvalue weighted by Gasteiger charge is -2.17. The molecule has 14 heavy (non-hydrogen) atoms. The summed E-state index contributed by atoms with van der Waals surface area (Å²) >= 11 is 2.10. The van der Waals surface area contributed by atoms with E-state index in [1.165, 1.54) is 0 Å². The number of allylic oxidation sites excluding steroid dienone is 2. The first-order chi connectivity index (χ1) is 6.77. The molecule has 0 fully saturated rings. The average molecular weight is 302 g/mol. The Morgan fingerprint density at radius 2 is 2.43 bits per heavy atom. The molecule has 1 atom stereocenters. The molecule has 0 amide bonds. The van der Waals surface area contributed by atoms with Crippen LogP contribution in [-0.2, 0) is 0 Å². The number of hydrogen-bond acceptors (Lipinski definition) is 2. The Morgan fingerprint density at radius 3 is 3.07 bits per heavy atom. The first-order valence-electron chi connectivity index (χ1n) is 4.68. The quantitative estimate of drug-likeness (QED) is 0.588. The third-order valence-electron chi connectivity index (χ3n) is 2.34. The minimum atomic E-state index is -0.00606. The van der Waals surface area contributed by atoms with Crippen LogP contribution in [0, 0.1) is 3.57 Å². The molecule has 0 saturated carbocycles. The van der Waals surface area contributed by atoms with Gasteiger partial charge in [0, 0.05) is 9.64 Å². The molecular weight excluding hydrogens is 291 g/mol. The molecule has 0 spiro atoms. The number of nitrogens with zero attached hydrogens (tertiary/aromatic N) is 2. The maximum atomic E-state index is 11.6. The Balaban J connectivity index is 2.36. The van der Waals surface area contributed by atoms with Crippen LogP contribution in [0.5, 0.6) is 0 Å². The van der Waals surface area contributed by atoms with Crippen LogP contribution in [0.4, 0.5) is 0 Å². The van der Waals surface area contributed by atoms with Crippen molar-refractivity contribution in [1.29, 1.82) is 0 Å². The summed E-state index contributed by atoms with van der Waals surface area (Å²) in [5, 5.41) is 4.15. The second kappa shape index (κ2) is 4.25. The molecular formula is C10H11IN2O. The molecule has 0 radical (unpaired) electrons. The highest BCUT2D eigenvalue weighted by Crippen LogP contribution is 2.19. The molecule has 1 aliphatic carbocycles. The minimum Gasteiger partial charge on any atom is -0.268 e. The van der Waals surface area contributed by atoms with Crippen LogP contribution < -0.4 is 5.56 Å². The summed E-state index contributed by atoms with van der Waals surface area (Å²) in [6, 6.07) is 1.78. The number of rotatable bonds is 1. The van der Waals surface area contributed by atoms with Crippen LogP contribution >= 0.6 is 22.6 Å². The monoisotopic (exact) mass is 302 g/mol. The highest BCUT2D eigenvalue weighted by Gasteiger charge is 2.12. The number of aromatic nitrogens is 2. The van der Waals surface area contributed by atoms with E-state index in [1.807, 2.05) is 0 Å². The van der Waals surface area contributed by atoms with Gasteiger partial charge in [-0.05, 0) is 41.9 Å². The Kier molecular flexibility index (Phi) is 3.00. The third-order valence-corrected chi connectivity index (χ3v) is 2.93. The van der Waals surface area contributed by atoms with Gasteiger partial charge >= 0.3 is 0 Å². The van der Waals surface area contributed by atoms with Crippen molar-refractivity contribution in [1.82, 2.24) is 9.78 Å². The molecule has 2 rings (SSSR count). The van der Waals surface area contributed by atoms with Crippen LogP contribution in [0.25, 0.3) is 0 Å². The summed E-state index contributed by atoms with van der Waals surface area (Å²) in [5.74, 6) is 0. The van der Waals surface area contributed by atoms with Crippen LogP contribution in [0.3, 0.4) is 0 Å². The predicted octanol–water partition coefficient (Wildman–Crippen LogP) is 2.13. The van der Waals surface area contributed by atoms with E-state index in [-0.39, 0.29) is 11.6 Å². The molecule has 1 heterocycles. The zero-order chi connectivity index (χ0) is 9.97. The highest BCUT2D eigenvalue weighted by atomic mass is 127. The molecule has 0 saturated heterocycles. The van der Waals surface area contributed by atoms with Crippen molar-refractivity contribution >= 4 is 22.6 Å². The predicted molar refractivity (Wildman–Crippen MR) is 63.2 cm³/mol. The fraction of sp³-hybridized carbons (Fsp3) is 0.400. The summed E-state index contributed by atoms with van der Waals surface area (Å²) in [6.45, 7) is 0. The second-order valence-electron chi connectivity index (χ2n) is 3.38. The minimum absolute atomic E-state index is 0.00606. The molecule has 1 aromatic heterocycles. The lowest BCUT2D eigenvalue weighted by molar-refractivity contribution is 0.453. The summed E-state index contributed by atoms with van der Waals surface area (Å²) in [4.78, 5) is 11.6. The summed E-state index contributed by atoms with van der Waals surface area (Å²) in [7, 11) is 0. The molecule has 74 valence electrons. The van der Waals surface area contributed by atoms with Gasteiger partial charge in [0.1, 0.15) is 0 Å². The lowest BCUT2D eigenvalue weighted by atomic mass is 10.0. The second-order valence-corrected chi connectivity index (χ2v) is 4.63. The summed E-state index contributed by atoms with van der Waals surface area (Å²) in [6.07, 6.45) is 9.20. The van der Waals surface area contributed by atoms with E-state index in [1.54, 1.807) is 16.9 Å². The lowest BCUT2D eigenvalue weighted by Crippen LogP contribution is -2.26. The standard InChI is InChI=1S/C10H11IN2O/c11-8-6-10(14)13(12-7-8)9-4-2-1-3-5-9/h2,4,6-7,9H,1,3,5H2. The number of halogens is 1. The average Bonchev–Trinajstić information content (AvgIpc) is 2.19. The summed E-state index contributed by atoms with van der Waals surface area (Å²) < 4.78 is 2.46. The third kappa shape index (κ3) is 2.05. The van der Waals surface area contributed by atoms with E-state index in [0.29, 0.717) is 0 Å². The zero-order valence-corrected chi connectivity index (χ0v) is 9.85. The van der Waals surface area contributed by atoms with Crippen LogP contribution in [0.2, 0.25) is 0 Å². The van der Waals surface area contributed by atoms with Crippen LogP contribution in [0.1, 0.15) is 25.3 Å². The smallest absolute Gasteiger partial charge is 0.268 e. The van der Waals surface area contributed by atoms with E-state index in [9.17, 15) is 4.79 Å². The van der Waals surface area contributed by atoms with E-state index >= 15 is 0 Å². The molecule has 0 bridgehead atoms. The van der Waals surface area contributed by atoms with Gasteiger partial charge in [-0.15, -0.1) is 0 Å².